The van der Waals surface area contributed by atoms with E-state index in [1.54, 1.807) is 0 Å². The van der Waals surface area contributed by atoms with Gasteiger partial charge in [-0.3, -0.25) is 9.59 Å². The van der Waals surface area contributed by atoms with E-state index in [9.17, 15) is 9.59 Å². The summed E-state index contributed by atoms with van der Waals surface area (Å²) < 4.78 is 0.986. The lowest BCUT2D eigenvalue weighted by atomic mass is 9.86. The predicted molar refractivity (Wildman–Crippen MR) is 104 cm³/mol. The molecule has 1 aromatic carbocycles. The van der Waals surface area contributed by atoms with Crippen LogP contribution >= 0.6 is 15.9 Å². The summed E-state index contributed by atoms with van der Waals surface area (Å²) in [5.74, 6) is 0.493. The lowest BCUT2D eigenvalue weighted by Gasteiger charge is -2.29. The zero-order valence-corrected chi connectivity index (χ0v) is 16.9. The monoisotopic (exact) mass is 410 g/mol. The summed E-state index contributed by atoms with van der Waals surface area (Å²) in [4.78, 5) is 25.3. The zero-order chi connectivity index (χ0) is 18.4. The van der Waals surface area contributed by atoms with Crippen molar-refractivity contribution in [2.75, 3.05) is 25.5 Å². The first-order chi connectivity index (χ1) is 11.8. The van der Waals surface area contributed by atoms with Gasteiger partial charge in [-0.1, -0.05) is 35.7 Å². The van der Waals surface area contributed by atoms with Crippen molar-refractivity contribution < 1.29 is 14.5 Å². The quantitative estimate of drug-likeness (QED) is 0.670. The van der Waals surface area contributed by atoms with E-state index in [2.05, 4.69) is 33.5 Å². The maximum absolute atomic E-state index is 12.2. The number of nitrogens with one attached hydrogen (secondary N) is 3. The van der Waals surface area contributed by atoms with Gasteiger partial charge in [0.15, 0.2) is 13.1 Å². The van der Waals surface area contributed by atoms with Crippen molar-refractivity contribution in [2.45, 2.75) is 45.6 Å². The highest BCUT2D eigenvalue weighted by molar-refractivity contribution is 9.10. The van der Waals surface area contributed by atoms with Crippen LogP contribution in [0.4, 0.5) is 5.69 Å². The first kappa shape index (κ1) is 19.9. The molecule has 1 unspecified atom stereocenters. The number of hydrogen-bond acceptors (Lipinski definition) is 2. The number of amides is 2. The number of quaternary nitrogens is 1. The minimum Gasteiger partial charge on any atom is -0.348 e. The molecule has 0 spiro atoms. The summed E-state index contributed by atoms with van der Waals surface area (Å²) in [7, 11) is 1.87. The van der Waals surface area contributed by atoms with E-state index in [0.29, 0.717) is 12.5 Å². The van der Waals surface area contributed by atoms with Gasteiger partial charge in [-0.25, -0.2) is 0 Å². The normalized spacial score (nSPS) is 21.4. The fraction of sp³-hybridized carbons (Fsp3) is 0.579. The number of carbonyl (C=O) groups excluding carboxylic acids is 2. The van der Waals surface area contributed by atoms with Crippen LogP contribution in [-0.4, -0.2) is 38.0 Å². The minimum absolute atomic E-state index is 0.0314. The highest BCUT2D eigenvalue weighted by Gasteiger charge is 2.24. The maximum atomic E-state index is 12.2. The number of rotatable bonds is 6. The van der Waals surface area contributed by atoms with Crippen molar-refractivity contribution in [2.24, 2.45) is 5.92 Å². The second-order valence-electron chi connectivity index (χ2n) is 7.25. The molecule has 138 valence electrons. The largest absolute Gasteiger partial charge is 0.348 e. The Morgan fingerprint density at radius 2 is 1.88 bits per heavy atom. The molecule has 2 amide bonds. The molecule has 3 atom stereocenters. The molecular weight excluding hydrogens is 382 g/mol. The molecule has 0 aromatic heterocycles. The summed E-state index contributed by atoms with van der Waals surface area (Å²) in [6, 6.07) is 6.03. The average Bonchev–Trinajstić information content (AvgIpc) is 2.52. The SMILES string of the molecule is Cc1cc(Br)ccc1NC(=O)C[NH+](C)CC(=O)N[C@@H]1CCCC[C@@H]1C. The number of aryl methyl sites for hydroxylation is 1. The average molecular weight is 411 g/mol. The third-order valence-corrected chi connectivity index (χ3v) is 5.34. The van der Waals surface area contributed by atoms with Crippen LogP contribution < -0.4 is 15.5 Å². The summed E-state index contributed by atoms with van der Waals surface area (Å²) >= 11 is 3.41. The molecule has 3 N–H and O–H groups in total. The van der Waals surface area contributed by atoms with Gasteiger partial charge in [-0.05, 0) is 49.4 Å². The third kappa shape index (κ3) is 6.44. The van der Waals surface area contributed by atoms with E-state index in [1.807, 2.05) is 32.2 Å². The molecule has 1 aromatic rings. The van der Waals surface area contributed by atoms with E-state index >= 15 is 0 Å². The summed E-state index contributed by atoms with van der Waals surface area (Å²) in [5.41, 5.74) is 1.81. The number of likely N-dealkylation sites (N-methyl/N-ethyl adjacent to an activating group) is 1. The van der Waals surface area contributed by atoms with Gasteiger partial charge < -0.3 is 15.5 Å². The van der Waals surface area contributed by atoms with Crippen molar-refractivity contribution in [3.05, 3.63) is 28.2 Å². The fourth-order valence-electron chi connectivity index (χ4n) is 3.36. The van der Waals surface area contributed by atoms with E-state index in [4.69, 9.17) is 0 Å². The van der Waals surface area contributed by atoms with Crippen molar-refractivity contribution >= 4 is 33.4 Å². The number of benzene rings is 1. The predicted octanol–water partition coefficient (Wildman–Crippen LogP) is 1.91. The molecule has 0 bridgehead atoms. The lowest BCUT2D eigenvalue weighted by molar-refractivity contribution is -0.862. The molecule has 1 aliphatic rings. The zero-order valence-electron chi connectivity index (χ0n) is 15.3. The second-order valence-corrected chi connectivity index (χ2v) is 8.17. The van der Waals surface area contributed by atoms with E-state index in [1.165, 1.54) is 19.3 Å². The number of halogens is 1. The highest BCUT2D eigenvalue weighted by Crippen LogP contribution is 2.23. The molecule has 1 fully saturated rings. The van der Waals surface area contributed by atoms with Crippen LogP contribution in [0.3, 0.4) is 0 Å². The maximum Gasteiger partial charge on any atom is 0.279 e. The van der Waals surface area contributed by atoms with Gasteiger partial charge in [0.2, 0.25) is 0 Å². The Morgan fingerprint density at radius 1 is 1.20 bits per heavy atom. The Balaban J connectivity index is 1.77. The van der Waals surface area contributed by atoms with Gasteiger partial charge in [0.25, 0.3) is 11.8 Å². The van der Waals surface area contributed by atoms with Crippen molar-refractivity contribution in [3.63, 3.8) is 0 Å². The Bertz CT molecular complexity index is 621. The van der Waals surface area contributed by atoms with Crippen LogP contribution in [0.25, 0.3) is 0 Å². The van der Waals surface area contributed by atoms with Gasteiger partial charge in [-0.2, -0.15) is 0 Å². The second kappa shape index (κ2) is 9.34. The van der Waals surface area contributed by atoms with Gasteiger partial charge in [-0.15, -0.1) is 0 Å². The van der Waals surface area contributed by atoms with Crippen LogP contribution in [0.2, 0.25) is 0 Å². The molecule has 0 saturated heterocycles. The molecule has 1 saturated carbocycles. The third-order valence-electron chi connectivity index (χ3n) is 4.85. The van der Waals surface area contributed by atoms with Gasteiger partial charge in [0, 0.05) is 16.2 Å². The lowest BCUT2D eigenvalue weighted by Crippen LogP contribution is -3.11. The topological polar surface area (TPSA) is 62.6 Å². The van der Waals surface area contributed by atoms with Crippen LogP contribution in [0.15, 0.2) is 22.7 Å². The number of carbonyl (C=O) groups is 2. The van der Waals surface area contributed by atoms with Crippen LogP contribution in [-0.2, 0) is 9.59 Å². The van der Waals surface area contributed by atoms with Crippen molar-refractivity contribution in [1.82, 2.24) is 5.32 Å². The minimum atomic E-state index is -0.0817. The highest BCUT2D eigenvalue weighted by atomic mass is 79.9. The molecule has 0 heterocycles. The van der Waals surface area contributed by atoms with Crippen LogP contribution in [0.1, 0.15) is 38.2 Å². The van der Waals surface area contributed by atoms with Gasteiger partial charge in [0.1, 0.15) is 0 Å². The van der Waals surface area contributed by atoms with E-state index in [-0.39, 0.29) is 24.4 Å². The van der Waals surface area contributed by atoms with Gasteiger partial charge in [0.05, 0.1) is 7.05 Å². The van der Waals surface area contributed by atoms with Crippen molar-refractivity contribution in [1.29, 1.82) is 0 Å². The molecule has 1 aliphatic carbocycles. The standard InChI is InChI=1S/C19H28BrN3O2/c1-13-6-4-5-7-16(13)21-18(24)11-23(3)12-19(25)22-17-9-8-15(20)10-14(17)2/h8-10,13,16H,4-7,11-12H2,1-3H3,(H,21,24)(H,22,25)/p+1/t13-,16+/m0/s1. The van der Waals surface area contributed by atoms with Gasteiger partial charge >= 0.3 is 0 Å². The summed E-state index contributed by atoms with van der Waals surface area (Å²) in [5, 5.41) is 6.06. The molecule has 5 nitrogen and oxygen atoms in total. The molecule has 25 heavy (non-hydrogen) atoms. The number of anilines is 1. The first-order valence-electron chi connectivity index (χ1n) is 9.02. The van der Waals surface area contributed by atoms with Crippen LogP contribution in [0, 0.1) is 12.8 Å². The first-order valence-corrected chi connectivity index (χ1v) is 9.81. The van der Waals surface area contributed by atoms with E-state index < -0.39 is 0 Å². The summed E-state index contributed by atoms with van der Waals surface area (Å²) in [6.45, 7) is 4.74. The Morgan fingerprint density at radius 3 is 2.56 bits per heavy atom. The van der Waals surface area contributed by atoms with Crippen LogP contribution in [0.5, 0.6) is 0 Å². The summed E-state index contributed by atoms with van der Waals surface area (Å²) in [6.07, 6.45) is 4.69. The molecule has 2 rings (SSSR count). The Kier molecular flexibility index (Phi) is 7.44. The Hall–Kier alpha value is -1.40. The smallest absolute Gasteiger partial charge is 0.279 e. The molecule has 6 heteroatoms. The molecule has 0 aliphatic heterocycles. The Labute approximate surface area is 158 Å². The molecule has 0 radical (unpaired) electrons. The fourth-order valence-corrected chi connectivity index (χ4v) is 3.84. The molecular formula is C19H29BrN3O2+. The van der Waals surface area contributed by atoms with E-state index in [0.717, 1.165) is 27.0 Å². The van der Waals surface area contributed by atoms with Crippen molar-refractivity contribution in [3.8, 4) is 0 Å². The number of hydrogen-bond donors (Lipinski definition) is 3.